The molecule has 1 N–H and O–H groups in total. The zero-order chi connectivity index (χ0) is 18.2. The van der Waals surface area contributed by atoms with E-state index in [0.29, 0.717) is 11.6 Å². The van der Waals surface area contributed by atoms with Gasteiger partial charge in [0.05, 0.1) is 6.54 Å². The Labute approximate surface area is 160 Å². The first-order chi connectivity index (χ1) is 12.7. The molecule has 0 bridgehead atoms. The Morgan fingerprint density at radius 3 is 2.31 bits per heavy atom. The molecule has 0 spiro atoms. The minimum atomic E-state index is 0.0183. The van der Waals surface area contributed by atoms with Crippen LogP contribution in [0.25, 0.3) is 6.08 Å². The summed E-state index contributed by atoms with van der Waals surface area (Å²) in [6.07, 6.45) is 4.37. The van der Waals surface area contributed by atoms with Crippen LogP contribution >= 0.6 is 11.6 Å². The highest BCUT2D eigenvalue weighted by molar-refractivity contribution is 6.30. The first-order valence-electron chi connectivity index (χ1n) is 8.91. The second-order valence-electron chi connectivity index (χ2n) is 6.44. The molecule has 1 fully saturated rings. The normalized spacial score (nSPS) is 16.0. The average molecular weight is 370 g/mol. The van der Waals surface area contributed by atoms with Gasteiger partial charge >= 0.3 is 0 Å². The third-order valence-electron chi connectivity index (χ3n) is 4.43. The predicted molar refractivity (Wildman–Crippen MR) is 108 cm³/mol. The third kappa shape index (κ3) is 5.99. The Bertz CT molecular complexity index is 723. The highest BCUT2D eigenvalue weighted by Crippen LogP contribution is 2.13. The minimum Gasteiger partial charge on any atom is -0.325 e. The molecule has 4 nitrogen and oxygen atoms in total. The second kappa shape index (κ2) is 9.53. The molecular weight excluding hydrogens is 346 g/mol. The van der Waals surface area contributed by atoms with Crippen molar-refractivity contribution in [2.45, 2.75) is 0 Å². The maximum Gasteiger partial charge on any atom is 0.238 e. The van der Waals surface area contributed by atoms with E-state index in [0.717, 1.165) is 38.4 Å². The largest absolute Gasteiger partial charge is 0.325 e. The number of benzene rings is 2. The summed E-state index contributed by atoms with van der Waals surface area (Å²) >= 11 is 5.86. The van der Waals surface area contributed by atoms with Crippen LogP contribution in [0.3, 0.4) is 0 Å². The monoisotopic (exact) mass is 369 g/mol. The van der Waals surface area contributed by atoms with Crippen molar-refractivity contribution < 1.29 is 4.79 Å². The molecule has 1 saturated heterocycles. The number of amides is 1. The van der Waals surface area contributed by atoms with Crippen molar-refractivity contribution in [1.29, 1.82) is 0 Å². The molecule has 0 unspecified atom stereocenters. The van der Waals surface area contributed by atoms with Crippen molar-refractivity contribution in [1.82, 2.24) is 9.80 Å². The standard InChI is InChI=1S/C21H24ClN3O/c22-19-8-10-20(11-9-19)23-21(26)17-25-15-13-24(14-16-25)12-4-7-18-5-2-1-3-6-18/h1-11H,12-17H2,(H,23,26). The van der Waals surface area contributed by atoms with Crippen LogP contribution in [0.1, 0.15) is 5.56 Å². The zero-order valence-corrected chi connectivity index (χ0v) is 15.5. The maximum absolute atomic E-state index is 12.2. The van der Waals surface area contributed by atoms with Gasteiger partial charge in [-0.1, -0.05) is 54.1 Å². The lowest BCUT2D eigenvalue weighted by molar-refractivity contribution is -0.117. The summed E-state index contributed by atoms with van der Waals surface area (Å²) in [6, 6.07) is 17.5. The van der Waals surface area contributed by atoms with Gasteiger partial charge in [-0.25, -0.2) is 0 Å². The van der Waals surface area contributed by atoms with Gasteiger partial charge in [-0.3, -0.25) is 14.6 Å². The lowest BCUT2D eigenvalue weighted by atomic mass is 10.2. The molecule has 0 aromatic heterocycles. The molecule has 1 aliphatic heterocycles. The minimum absolute atomic E-state index is 0.0183. The van der Waals surface area contributed by atoms with E-state index in [1.54, 1.807) is 12.1 Å². The molecule has 26 heavy (non-hydrogen) atoms. The Hall–Kier alpha value is -2.14. The second-order valence-corrected chi connectivity index (χ2v) is 6.88. The lowest BCUT2D eigenvalue weighted by Crippen LogP contribution is -2.48. The molecule has 2 aromatic rings. The SMILES string of the molecule is O=C(CN1CCN(CC=Cc2ccccc2)CC1)Nc1ccc(Cl)cc1. The number of halogens is 1. The number of hydrogen-bond donors (Lipinski definition) is 1. The number of hydrogen-bond acceptors (Lipinski definition) is 3. The number of rotatable bonds is 6. The molecule has 2 aromatic carbocycles. The van der Waals surface area contributed by atoms with Crippen molar-refractivity contribution in [2.75, 3.05) is 44.6 Å². The van der Waals surface area contributed by atoms with Crippen LogP contribution in [0.4, 0.5) is 5.69 Å². The van der Waals surface area contributed by atoms with E-state index in [1.807, 2.05) is 30.3 Å². The third-order valence-corrected chi connectivity index (χ3v) is 4.69. The molecule has 0 radical (unpaired) electrons. The van der Waals surface area contributed by atoms with Gasteiger partial charge in [0.15, 0.2) is 0 Å². The summed E-state index contributed by atoms with van der Waals surface area (Å²) in [5.41, 5.74) is 2.01. The summed E-state index contributed by atoms with van der Waals surface area (Å²) in [4.78, 5) is 16.8. The molecule has 1 heterocycles. The number of nitrogens with one attached hydrogen (secondary N) is 1. The van der Waals surface area contributed by atoms with Gasteiger partial charge < -0.3 is 5.32 Å². The van der Waals surface area contributed by atoms with E-state index in [2.05, 4.69) is 39.4 Å². The van der Waals surface area contributed by atoms with Gasteiger partial charge in [-0.15, -0.1) is 0 Å². The van der Waals surface area contributed by atoms with Crippen LogP contribution < -0.4 is 5.32 Å². The van der Waals surface area contributed by atoms with Gasteiger partial charge in [0.1, 0.15) is 0 Å². The summed E-state index contributed by atoms with van der Waals surface area (Å²) in [6.45, 7) is 5.15. The van der Waals surface area contributed by atoms with Gasteiger partial charge in [0.25, 0.3) is 0 Å². The van der Waals surface area contributed by atoms with Gasteiger partial charge in [0.2, 0.25) is 5.91 Å². The summed E-state index contributed by atoms with van der Waals surface area (Å²) in [5.74, 6) is 0.0183. The number of piperazine rings is 1. The van der Waals surface area contributed by atoms with Crippen LogP contribution in [-0.4, -0.2) is 55.0 Å². The van der Waals surface area contributed by atoms with Crippen molar-refractivity contribution in [2.24, 2.45) is 0 Å². The Morgan fingerprint density at radius 1 is 0.962 bits per heavy atom. The van der Waals surface area contributed by atoms with Crippen molar-refractivity contribution in [3.8, 4) is 0 Å². The van der Waals surface area contributed by atoms with E-state index in [9.17, 15) is 4.79 Å². The maximum atomic E-state index is 12.2. The van der Waals surface area contributed by atoms with Gasteiger partial charge in [0, 0.05) is 43.4 Å². The first-order valence-corrected chi connectivity index (χ1v) is 9.28. The Balaban J connectivity index is 1.37. The fraction of sp³-hybridized carbons (Fsp3) is 0.286. The fourth-order valence-electron chi connectivity index (χ4n) is 2.97. The van der Waals surface area contributed by atoms with Crippen LogP contribution in [0.15, 0.2) is 60.7 Å². The number of carbonyl (C=O) groups is 1. The van der Waals surface area contributed by atoms with Crippen molar-refractivity contribution in [3.05, 3.63) is 71.3 Å². The number of anilines is 1. The lowest BCUT2D eigenvalue weighted by Gasteiger charge is -2.33. The fourth-order valence-corrected chi connectivity index (χ4v) is 3.09. The predicted octanol–water partition coefficient (Wildman–Crippen LogP) is 3.61. The zero-order valence-electron chi connectivity index (χ0n) is 14.8. The first kappa shape index (κ1) is 18.6. The summed E-state index contributed by atoms with van der Waals surface area (Å²) in [7, 11) is 0. The van der Waals surface area contributed by atoms with Gasteiger partial charge in [-0.2, -0.15) is 0 Å². The van der Waals surface area contributed by atoms with E-state index in [4.69, 9.17) is 11.6 Å². The Morgan fingerprint density at radius 2 is 1.62 bits per heavy atom. The molecule has 1 aliphatic rings. The summed E-state index contributed by atoms with van der Waals surface area (Å²) < 4.78 is 0. The summed E-state index contributed by atoms with van der Waals surface area (Å²) in [5, 5.41) is 3.58. The number of carbonyl (C=O) groups excluding carboxylic acids is 1. The Kier molecular flexibility index (Phi) is 6.83. The average Bonchev–Trinajstić information content (AvgIpc) is 2.66. The topological polar surface area (TPSA) is 35.6 Å². The molecule has 0 aliphatic carbocycles. The molecule has 136 valence electrons. The number of nitrogens with zero attached hydrogens (tertiary/aromatic N) is 2. The van der Waals surface area contributed by atoms with Gasteiger partial charge in [-0.05, 0) is 29.8 Å². The van der Waals surface area contributed by atoms with E-state index >= 15 is 0 Å². The van der Waals surface area contributed by atoms with Crippen molar-refractivity contribution in [3.63, 3.8) is 0 Å². The van der Waals surface area contributed by atoms with E-state index < -0.39 is 0 Å². The molecule has 5 heteroatoms. The molecule has 0 saturated carbocycles. The van der Waals surface area contributed by atoms with Crippen LogP contribution in [0, 0.1) is 0 Å². The van der Waals surface area contributed by atoms with Crippen LogP contribution in [0.5, 0.6) is 0 Å². The molecule has 3 rings (SSSR count). The highest BCUT2D eigenvalue weighted by Gasteiger charge is 2.18. The molecule has 0 atom stereocenters. The molecule has 1 amide bonds. The van der Waals surface area contributed by atoms with E-state index in [-0.39, 0.29) is 5.91 Å². The quantitative estimate of drug-likeness (QED) is 0.844. The smallest absolute Gasteiger partial charge is 0.238 e. The molecular formula is C21H24ClN3O. The highest BCUT2D eigenvalue weighted by atomic mass is 35.5. The van der Waals surface area contributed by atoms with Crippen molar-refractivity contribution >= 4 is 29.3 Å². The van der Waals surface area contributed by atoms with Crippen LogP contribution in [0.2, 0.25) is 5.02 Å². The van der Waals surface area contributed by atoms with E-state index in [1.165, 1.54) is 5.56 Å². The van der Waals surface area contributed by atoms with Crippen LogP contribution in [-0.2, 0) is 4.79 Å².